The molecular formula is C12H15N3O2S. The predicted molar refractivity (Wildman–Crippen MR) is 69.2 cm³/mol. The minimum Gasteiger partial charge on any atom is -0.309 e. The molecule has 96 valence electrons. The van der Waals surface area contributed by atoms with Gasteiger partial charge < -0.3 is 4.57 Å². The molecule has 0 bridgehead atoms. The van der Waals surface area contributed by atoms with Gasteiger partial charge in [0.25, 0.3) is 0 Å². The fourth-order valence-electron chi connectivity index (χ4n) is 2.68. The first-order chi connectivity index (χ1) is 8.57. The molecule has 1 fully saturated rings. The third kappa shape index (κ3) is 1.90. The van der Waals surface area contributed by atoms with Crippen molar-refractivity contribution in [2.45, 2.75) is 25.8 Å². The maximum absolute atomic E-state index is 11.7. The van der Waals surface area contributed by atoms with Crippen molar-refractivity contribution < 1.29 is 8.42 Å². The van der Waals surface area contributed by atoms with Crippen LogP contribution in [0.2, 0.25) is 0 Å². The first-order valence-corrected chi connectivity index (χ1v) is 7.89. The van der Waals surface area contributed by atoms with Gasteiger partial charge in [-0.1, -0.05) is 0 Å². The molecule has 5 nitrogen and oxygen atoms in total. The molecule has 0 N–H and O–H groups in total. The Morgan fingerprint density at radius 2 is 2.28 bits per heavy atom. The summed E-state index contributed by atoms with van der Waals surface area (Å²) in [7, 11) is -2.92. The Morgan fingerprint density at radius 1 is 1.44 bits per heavy atom. The molecule has 0 spiro atoms. The van der Waals surface area contributed by atoms with E-state index in [1.807, 2.05) is 23.6 Å². The van der Waals surface area contributed by atoms with Crippen LogP contribution in [0.15, 0.2) is 18.3 Å². The van der Waals surface area contributed by atoms with Gasteiger partial charge in [0, 0.05) is 6.20 Å². The number of hydrogen-bond acceptors (Lipinski definition) is 4. The fraction of sp³-hybridized carbons (Fsp3) is 0.500. The molecular weight excluding hydrogens is 250 g/mol. The quantitative estimate of drug-likeness (QED) is 0.783. The lowest BCUT2D eigenvalue weighted by molar-refractivity contribution is 0.470. The van der Waals surface area contributed by atoms with E-state index in [2.05, 4.69) is 9.97 Å². The summed E-state index contributed by atoms with van der Waals surface area (Å²) in [5.74, 6) is 1.35. The van der Waals surface area contributed by atoms with Gasteiger partial charge in [0.05, 0.1) is 17.5 Å². The Kier molecular flexibility index (Phi) is 2.62. The minimum atomic E-state index is -2.92. The van der Waals surface area contributed by atoms with Gasteiger partial charge in [0.2, 0.25) is 0 Å². The van der Waals surface area contributed by atoms with Gasteiger partial charge in [0.15, 0.2) is 15.5 Å². The zero-order valence-corrected chi connectivity index (χ0v) is 11.0. The highest BCUT2D eigenvalue weighted by atomic mass is 32.2. The normalized spacial score (nSPS) is 23.3. The van der Waals surface area contributed by atoms with Gasteiger partial charge in [0.1, 0.15) is 11.3 Å². The van der Waals surface area contributed by atoms with Crippen LogP contribution in [-0.4, -0.2) is 34.5 Å². The zero-order valence-electron chi connectivity index (χ0n) is 10.2. The van der Waals surface area contributed by atoms with Crippen LogP contribution in [-0.2, 0) is 9.84 Å². The number of pyridine rings is 1. The molecule has 0 saturated carbocycles. The Balaban J connectivity index is 2.11. The topological polar surface area (TPSA) is 64.8 Å². The number of aryl methyl sites for hydroxylation is 1. The third-order valence-corrected chi connectivity index (χ3v) is 5.23. The average molecular weight is 265 g/mol. The molecule has 2 aromatic rings. The van der Waals surface area contributed by atoms with Crippen molar-refractivity contribution in [2.24, 2.45) is 0 Å². The Hall–Kier alpha value is -1.43. The molecule has 3 heterocycles. The molecule has 1 saturated heterocycles. The largest absolute Gasteiger partial charge is 0.309 e. The van der Waals surface area contributed by atoms with Gasteiger partial charge in [-0.2, -0.15) is 0 Å². The van der Waals surface area contributed by atoms with Crippen LogP contribution in [0.1, 0.15) is 24.7 Å². The van der Waals surface area contributed by atoms with E-state index < -0.39 is 9.84 Å². The second-order valence-electron chi connectivity index (χ2n) is 4.79. The van der Waals surface area contributed by atoms with E-state index in [-0.39, 0.29) is 11.8 Å². The van der Waals surface area contributed by atoms with Crippen molar-refractivity contribution in [2.75, 3.05) is 11.5 Å². The average Bonchev–Trinajstić information content (AvgIpc) is 2.63. The second kappa shape index (κ2) is 4.05. The van der Waals surface area contributed by atoms with E-state index in [1.165, 1.54) is 0 Å². The van der Waals surface area contributed by atoms with Crippen molar-refractivity contribution >= 4 is 21.0 Å². The monoisotopic (exact) mass is 265 g/mol. The number of fused-ring (bicyclic) bond motifs is 1. The summed E-state index contributed by atoms with van der Waals surface area (Å²) >= 11 is 0. The molecule has 2 aromatic heterocycles. The highest BCUT2D eigenvalue weighted by Gasteiger charge is 2.28. The summed E-state index contributed by atoms with van der Waals surface area (Å²) in [4.78, 5) is 8.77. The van der Waals surface area contributed by atoms with Crippen LogP contribution in [0.3, 0.4) is 0 Å². The number of sulfone groups is 1. The number of rotatable bonds is 1. The minimum absolute atomic E-state index is 0.0244. The smallest absolute Gasteiger partial charge is 0.160 e. The van der Waals surface area contributed by atoms with E-state index in [0.717, 1.165) is 29.8 Å². The maximum Gasteiger partial charge on any atom is 0.160 e. The van der Waals surface area contributed by atoms with E-state index in [9.17, 15) is 8.42 Å². The lowest BCUT2D eigenvalue weighted by Crippen LogP contribution is -2.28. The summed E-state index contributed by atoms with van der Waals surface area (Å²) < 4.78 is 25.5. The lowest BCUT2D eigenvalue weighted by atomic mass is 10.2. The second-order valence-corrected chi connectivity index (χ2v) is 7.01. The molecule has 1 atom stereocenters. The van der Waals surface area contributed by atoms with Gasteiger partial charge in [-0.3, -0.25) is 0 Å². The van der Waals surface area contributed by atoms with E-state index in [1.54, 1.807) is 6.20 Å². The van der Waals surface area contributed by atoms with Crippen LogP contribution >= 0.6 is 0 Å². The van der Waals surface area contributed by atoms with Gasteiger partial charge in [-0.05, 0) is 31.9 Å². The maximum atomic E-state index is 11.7. The summed E-state index contributed by atoms with van der Waals surface area (Å²) in [5, 5.41) is 0. The summed E-state index contributed by atoms with van der Waals surface area (Å²) in [6.45, 7) is 1.91. The third-order valence-electron chi connectivity index (χ3n) is 3.43. The van der Waals surface area contributed by atoms with E-state index in [4.69, 9.17) is 0 Å². The van der Waals surface area contributed by atoms with Gasteiger partial charge >= 0.3 is 0 Å². The molecule has 6 heteroatoms. The van der Waals surface area contributed by atoms with Crippen LogP contribution in [0, 0.1) is 6.92 Å². The van der Waals surface area contributed by atoms with Crippen LogP contribution in [0.4, 0.5) is 0 Å². The SMILES string of the molecule is Cc1nc2cccnc2n1C1CCCS(=O)(=O)C1. The molecule has 1 aliphatic rings. The van der Waals surface area contributed by atoms with E-state index in [0.29, 0.717) is 5.75 Å². The number of imidazole rings is 1. The highest BCUT2D eigenvalue weighted by Crippen LogP contribution is 2.27. The summed E-state index contributed by atoms with van der Waals surface area (Å²) in [6.07, 6.45) is 3.32. The molecule has 0 aromatic carbocycles. The Bertz CT molecular complexity index is 690. The van der Waals surface area contributed by atoms with Crippen molar-refractivity contribution in [3.05, 3.63) is 24.2 Å². The highest BCUT2D eigenvalue weighted by molar-refractivity contribution is 7.91. The van der Waals surface area contributed by atoms with E-state index >= 15 is 0 Å². The predicted octanol–water partition coefficient (Wildman–Crippen LogP) is 1.49. The van der Waals surface area contributed by atoms with Crippen molar-refractivity contribution in [1.82, 2.24) is 14.5 Å². The van der Waals surface area contributed by atoms with Crippen molar-refractivity contribution in [3.63, 3.8) is 0 Å². The molecule has 0 radical (unpaired) electrons. The van der Waals surface area contributed by atoms with Gasteiger partial charge in [-0.25, -0.2) is 18.4 Å². The Labute approximate surface area is 106 Å². The summed E-state index contributed by atoms with van der Waals surface area (Å²) in [5.41, 5.74) is 1.62. The van der Waals surface area contributed by atoms with Gasteiger partial charge in [-0.15, -0.1) is 0 Å². The molecule has 18 heavy (non-hydrogen) atoms. The number of nitrogens with zero attached hydrogens (tertiary/aromatic N) is 3. The molecule has 3 rings (SSSR count). The molecule has 1 unspecified atom stereocenters. The zero-order chi connectivity index (χ0) is 12.8. The molecule has 1 aliphatic heterocycles. The molecule has 0 aliphatic carbocycles. The first-order valence-electron chi connectivity index (χ1n) is 6.07. The van der Waals surface area contributed by atoms with Crippen LogP contribution in [0.25, 0.3) is 11.2 Å². The lowest BCUT2D eigenvalue weighted by Gasteiger charge is -2.24. The van der Waals surface area contributed by atoms with Crippen LogP contribution < -0.4 is 0 Å². The van der Waals surface area contributed by atoms with Crippen molar-refractivity contribution in [1.29, 1.82) is 0 Å². The fourth-order valence-corrected chi connectivity index (χ4v) is 4.36. The number of aromatic nitrogens is 3. The molecule has 0 amide bonds. The van der Waals surface area contributed by atoms with Crippen LogP contribution in [0.5, 0.6) is 0 Å². The first kappa shape index (κ1) is 11.6. The summed E-state index contributed by atoms with van der Waals surface area (Å²) in [6, 6.07) is 3.73. The van der Waals surface area contributed by atoms with Crippen molar-refractivity contribution in [3.8, 4) is 0 Å². The number of hydrogen-bond donors (Lipinski definition) is 0. The Morgan fingerprint density at radius 3 is 3.06 bits per heavy atom. The standard InChI is InChI=1S/C12H15N3O2S/c1-9-14-11-5-2-6-13-12(11)15(9)10-4-3-7-18(16,17)8-10/h2,5-6,10H,3-4,7-8H2,1H3.